The topological polar surface area (TPSA) is 74.3 Å². The van der Waals surface area contributed by atoms with Crippen molar-refractivity contribution < 1.29 is 9.53 Å². The van der Waals surface area contributed by atoms with E-state index in [0.717, 1.165) is 11.3 Å². The van der Waals surface area contributed by atoms with E-state index in [4.69, 9.17) is 4.74 Å². The van der Waals surface area contributed by atoms with Crippen molar-refractivity contribution >= 4 is 11.6 Å². The van der Waals surface area contributed by atoms with Crippen molar-refractivity contribution in [2.45, 2.75) is 13.0 Å². The van der Waals surface area contributed by atoms with E-state index in [-0.39, 0.29) is 0 Å². The molecule has 0 fully saturated rings. The normalized spacial score (nSPS) is 10.9. The van der Waals surface area contributed by atoms with Crippen LogP contribution in [0.5, 0.6) is 0 Å². The van der Waals surface area contributed by atoms with E-state index in [2.05, 4.69) is 15.2 Å². The third kappa shape index (κ3) is 3.19. The maximum absolute atomic E-state index is 12.4. The highest BCUT2D eigenvalue weighted by Gasteiger charge is 2.17. The van der Waals surface area contributed by atoms with Gasteiger partial charge in [0.15, 0.2) is 5.65 Å². The molecule has 1 aromatic carbocycles. The van der Waals surface area contributed by atoms with E-state index >= 15 is 0 Å². The Labute approximate surface area is 149 Å². The van der Waals surface area contributed by atoms with Crippen molar-refractivity contribution in [2.24, 2.45) is 0 Å². The highest BCUT2D eigenvalue weighted by molar-refractivity contribution is 5.95. The molecule has 3 aromatic heterocycles. The molecule has 0 amide bonds. The van der Waals surface area contributed by atoms with E-state index < -0.39 is 5.97 Å². The molecule has 3 heterocycles. The summed E-state index contributed by atoms with van der Waals surface area (Å²) < 4.78 is 8.83. The molecular formula is C19H17N5O2. The van der Waals surface area contributed by atoms with Gasteiger partial charge in [-0.05, 0) is 12.1 Å². The molecule has 0 saturated carbocycles. The van der Waals surface area contributed by atoms with E-state index in [9.17, 15) is 4.79 Å². The summed E-state index contributed by atoms with van der Waals surface area (Å²) in [6.07, 6.45) is 7.47. The van der Waals surface area contributed by atoms with Crippen LogP contribution in [0.2, 0.25) is 0 Å². The van der Waals surface area contributed by atoms with Crippen molar-refractivity contribution in [3.8, 4) is 11.3 Å². The van der Waals surface area contributed by atoms with Gasteiger partial charge in [-0.25, -0.2) is 14.3 Å². The Morgan fingerprint density at radius 2 is 1.92 bits per heavy atom. The van der Waals surface area contributed by atoms with Crippen LogP contribution in [-0.4, -0.2) is 37.0 Å². The fourth-order valence-electron chi connectivity index (χ4n) is 2.76. The molecule has 130 valence electrons. The summed E-state index contributed by atoms with van der Waals surface area (Å²) >= 11 is 0. The molecule has 0 radical (unpaired) electrons. The molecule has 0 unspecified atom stereocenters. The first-order valence-corrected chi connectivity index (χ1v) is 8.35. The first-order valence-electron chi connectivity index (χ1n) is 8.35. The van der Waals surface area contributed by atoms with E-state index in [1.807, 2.05) is 48.7 Å². The van der Waals surface area contributed by atoms with Gasteiger partial charge in [-0.15, -0.1) is 0 Å². The molecule has 0 aliphatic heterocycles. The average molecular weight is 347 g/mol. The van der Waals surface area contributed by atoms with Crippen LogP contribution in [0.4, 0.5) is 0 Å². The lowest BCUT2D eigenvalue weighted by atomic mass is 10.1. The quantitative estimate of drug-likeness (QED) is 0.396. The first kappa shape index (κ1) is 16.0. The van der Waals surface area contributed by atoms with Crippen LogP contribution in [-0.2, 0) is 11.3 Å². The fraction of sp³-hybridized carbons (Fsp3) is 0.158. The summed E-state index contributed by atoms with van der Waals surface area (Å²) in [5.41, 5.74) is 2.72. The Kier molecular flexibility index (Phi) is 4.42. The van der Waals surface area contributed by atoms with Crippen LogP contribution < -0.4 is 0 Å². The molecule has 0 aliphatic rings. The molecule has 0 aliphatic carbocycles. The number of aromatic nitrogens is 5. The van der Waals surface area contributed by atoms with Crippen LogP contribution in [0.25, 0.3) is 16.9 Å². The van der Waals surface area contributed by atoms with Gasteiger partial charge in [-0.2, -0.15) is 10.2 Å². The number of fused-ring (bicyclic) bond motifs is 1. The van der Waals surface area contributed by atoms with Crippen LogP contribution >= 0.6 is 0 Å². The lowest BCUT2D eigenvalue weighted by Gasteiger charge is -2.06. The summed E-state index contributed by atoms with van der Waals surface area (Å²) in [7, 11) is 0. The number of nitrogens with zero attached hydrogens (tertiary/aromatic N) is 5. The highest BCUT2D eigenvalue weighted by Crippen LogP contribution is 2.20. The number of hydrogen-bond donors (Lipinski definition) is 0. The molecule has 7 nitrogen and oxygen atoms in total. The van der Waals surface area contributed by atoms with Gasteiger partial charge in [-0.1, -0.05) is 30.3 Å². The van der Waals surface area contributed by atoms with Gasteiger partial charge in [0.1, 0.15) is 5.56 Å². The standard InChI is InChI=1S/C19H17N5O2/c25-19(26-13-5-12-23-11-4-9-21-23)16-14-22-24-17(8-10-20-18(16)24)15-6-2-1-3-7-15/h1-4,6-11,14H,5,12-13H2. The molecular weight excluding hydrogens is 330 g/mol. The minimum atomic E-state index is -0.418. The number of rotatable bonds is 6. The molecule has 7 heteroatoms. The lowest BCUT2D eigenvalue weighted by Crippen LogP contribution is -2.09. The average Bonchev–Trinajstić information content (AvgIpc) is 3.35. The number of esters is 1. The van der Waals surface area contributed by atoms with Crippen LogP contribution in [0, 0.1) is 0 Å². The molecule has 4 aromatic rings. The van der Waals surface area contributed by atoms with Gasteiger partial charge in [-0.3, -0.25) is 4.68 Å². The monoisotopic (exact) mass is 347 g/mol. The Morgan fingerprint density at radius 3 is 2.73 bits per heavy atom. The summed E-state index contributed by atoms with van der Waals surface area (Å²) in [6.45, 7) is 1.01. The molecule has 0 saturated heterocycles. The van der Waals surface area contributed by atoms with E-state index in [0.29, 0.717) is 30.8 Å². The van der Waals surface area contributed by atoms with Crippen LogP contribution in [0.1, 0.15) is 16.8 Å². The summed E-state index contributed by atoms with van der Waals surface area (Å²) in [4.78, 5) is 16.7. The lowest BCUT2D eigenvalue weighted by molar-refractivity contribution is 0.0497. The first-order chi connectivity index (χ1) is 12.8. The fourth-order valence-corrected chi connectivity index (χ4v) is 2.76. The Balaban J connectivity index is 1.49. The predicted octanol–water partition coefficient (Wildman–Crippen LogP) is 2.84. The van der Waals surface area contributed by atoms with Gasteiger partial charge in [0.05, 0.1) is 18.5 Å². The van der Waals surface area contributed by atoms with Crippen molar-refractivity contribution in [1.29, 1.82) is 0 Å². The maximum Gasteiger partial charge on any atom is 0.343 e. The number of hydrogen-bond acceptors (Lipinski definition) is 5. The van der Waals surface area contributed by atoms with Crippen molar-refractivity contribution in [3.05, 3.63) is 72.8 Å². The van der Waals surface area contributed by atoms with E-state index in [1.54, 1.807) is 21.6 Å². The zero-order valence-electron chi connectivity index (χ0n) is 14.0. The minimum absolute atomic E-state index is 0.314. The van der Waals surface area contributed by atoms with Gasteiger partial charge in [0.25, 0.3) is 0 Å². The molecule has 0 atom stereocenters. The summed E-state index contributed by atoms with van der Waals surface area (Å²) in [5.74, 6) is -0.418. The zero-order valence-corrected chi connectivity index (χ0v) is 14.0. The second kappa shape index (κ2) is 7.18. The van der Waals surface area contributed by atoms with Crippen LogP contribution in [0.15, 0.2) is 67.3 Å². The molecule has 0 spiro atoms. The Bertz CT molecular complexity index is 1010. The van der Waals surface area contributed by atoms with Crippen molar-refractivity contribution in [1.82, 2.24) is 24.4 Å². The van der Waals surface area contributed by atoms with Gasteiger partial charge < -0.3 is 4.74 Å². The van der Waals surface area contributed by atoms with Gasteiger partial charge in [0, 0.05) is 37.1 Å². The van der Waals surface area contributed by atoms with E-state index in [1.165, 1.54) is 6.20 Å². The van der Waals surface area contributed by atoms with Gasteiger partial charge in [0.2, 0.25) is 0 Å². The minimum Gasteiger partial charge on any atom is -0.462 e. The number of benzene rings is 1. The SMILES string of the molecule is O=C(OCCCn1cccn1)c1cnn2c(-c3ccccc3)ccnc12. The maximum atomic E-state index is 12.4. The number of carbonyl (C=O) groups excluding carboxylic acids is 1. The second-order valence-corrected chi connectivity index (χ2v) is 5.75. The highest BCUT2D eigenvalue weighted by atomic mass is 16.5. The largest absolute Gasteiger partial charge is 0.462 e. The molecule has 4 rings (SSSR count). The third-order valence-electron chi connectivity index (χ3n) is 4.01. The van der Waals surface area contributed by atoms with Gasteiger partial charge >= 0.3 is 5.97 Å². The summed E-state index contributed by atoms with van der Waals surface area (Å²) in [6, 6.07) is 13.6. The number of carbonyl (C=O) groups is 1. The molecule has 0 N–H and O–H groups in total. The van der Waals surface area contributed by atoms with Crippen LogP contribution in [0.3, 0.4) is 0 Å². The second-order valence-electron chi connectivity index (χ2n) is 5.75. The Morgan fingerprint density at radius 1 is 1.04 bits per heavy atom. The number of aryl methyl sites for hydroxylation is 1. The number of ether oxygens (including phenoxy) is 1. The Hall–Kier alpha value is -3.48. The smallest absolute Gasteiger partial charge is 0.343 e. The third-order valence-corrected chi connectivity index (χ3v) is 4.01. The summed E-state index contributed by atoms with van der Waals surface area (Å²) in [5, 5.41) is 8.44. The zero-order chi connectivity index (χ0) is 17.8. The molecule has 0 bridgehead atoms. The van der Waals surface area contributed by atoms with Crippen molar-refractivity contribution in [2.75, 3.05) is 6.61 Å². The molecule has 26 heavy (non-hydrogen) atoms. The van der Waals surface area contributed by atoms with Crippen molar-refractivity contribution in [3.63, 3.8) is 0 Å². The predicted molar refractivity (Wildman–Crippen MR) is 95.5 cm³/mol.